The van der Waals surface area contributed by atoms with Gasteiger partial charge >= 0.3 is 0 Å². The molecule has 0 aliphatic rings. The van der Waals surface area contributed by atoms with Crippen LogP contribution in [-0.4, -0.2) is 35.0 Å². The maximum Gasteiger partial charge on any atom is 0.232 e. The zero-order chi connectivity index (χ0) is 22.7. The molecular weight excluding hydrogens is 416 g/mol. The van der Waals surface area contributed by atoms with Crippen molar-refractivity contribution in [3.05, 3.63) is 89.9 Å². The molecule has 4 aromatic rings. The number of hydrogen-bond donors (Lipinski definition) is 0. The first-order valence-electron chi connectivity index (χ1n) is 9.53. The Bertz CT molecular complexity index is 1300. The highest BCUT2D eigenvalue weighted by Gasteiger charge is 2.22. The van der Waals surface area contributed by atoms with Crippen molar-refractivity contribution in [2.45, 2.75) is 0 Å². The maximum atomic E-state index is 14.7. The summed E-state index contributed by atoms with van der Waals surface area (Å²) in [5.74, 6) is -1.81. The molecule has 160 valence electrons. The number of methoxy groups -OCH3 is 2. The topological polar surface area (TPSA) is 74.2 Å². The Balaban J connectivity index is 1.85. The molecule has 3 aromatic heterocycles. The van der Waals surface area contributed by atoms with Gasteiger partial charge in [-0.05, 0) is 24.3 Å². The van der Waals surface area contributed by atoms with E-state index in [-0.39, 0.29) is 17.1 Å². The van der Waals surface area contributed by atoms with Crippen LogP contribution in [-0.2, 0) is 0 Å². The largest absolute Gasteiger partial charge is 0.497 e. The number of ketones is 1. The summed E-state index contributed by atoms with van der Waals surface area (Å²) in [6.45, 7) is 0. The van der Waals surface area contributed by atoms with Crippen LogP contribution in [0.1, 0.15) is 16.2 Å². The Kier molecular flexibility index (Phi) is 5.85. The molecule has 8 heteroatoms. The molecule has 0 radical (unpaired) electrons. The second kappa shape index (κ2) is 8.89. The van der Waals surface area contributed by atoms with Crippen molar-refractivity contribution in [1.82, 2.24) is 15.0 Å². The Morgan fingerprint density at radius 1 is 0.812 bits per heavy atom. The van der Waals surface area contributed by atoms with Crippen molar-refractivity contribution < 1.29 is 23.0 Å². The summed E-state index contributed by atoms with van der Waals surface area (Å²) < 4.78 is 39.8. The summed E-state index contributed by atoms with van der Waals surface area (Å²) in [6.07, 6.45) is 1.40. The van der Waals surface area contributed by atoms with Crippen molar-refractivity contribution >= 4 is 5.78 Å². The van der Waals surface area contributed by atoms with Gasteiger partial charge in [-0.15, -0.1) is 0 Å². The van der Waals surface area contributed by atoms with Crippen molar-refractivity contribution in [3.63, 3.8) is 0 Å². The highest BCUT2D eigenvalue weighted by atomic mass is 19.1. The predicted molar refractivity (Wildman–Crippen MR) is 114 cm³/mol. The number of pyridine rings is 3. The average Bonchev–Trinajstić information content (AvgIpc) is 2.84. The molecule has 0 spiro atoms. The molecule has 0 unspecified atom stereocenters. The van der Waals surface area contributed by atoms with Gasteiger partial charge in [0.25, 0.3) is 0 Å². The fraction of sp³-hybridized carbons (Fsp3) is 0.0833. The predicted octanol–water partition coefficient (Wildman–Crippen LogP) is 4.73. The minimum Gasteiger partial charge on any atom is -0.497 e. The minimum atomic E-state index is -1.09. The number of rotatable bonds is 6. The van der Waals surface area contributed by atoms with Crippen molar-refractivity contribution in [1.29, 1.82) is 0 Å². The average molecular weight is 433 g/mol. The molecule has 3 heterocycles. The third kappa shape index (κ3) is 4.15. The number of ether oxygens (including phenoxy) is 2. The van der Waals surface area contributed by atoms with E-state index in [1.54, 1.807) is 49.6 Å². The molecule has 0 aliphatic carbocycles. The molecule has 0 amide bonds. The van der Waals surface area contributed by atoms with Crippen LogP contribution in [0.3, 0.4) is 0 Å². The van der Waals surface area contributed by atoms with E-state index in [1.807, 2.05) is 0 Å². The number of carbonyl (C=O) groups excluding carboxylic acids is 1. The number of benzene rings is 1. The van der Waals surface area contributed by atoms with Crippen LogP contribution in [0, 0.1) is 11.6 Å². The van der Waals surface area contributed by atoms with E-state index in [0.29, 0.717) is 28.8 Å². The molecule has 0 bridgehead atoms. The van der Waals surface area contributed by atoms with Crippen LogP contribution >= 0.6 is 0 Å². The minimum absolute atomic E-state index is 0.00729. The van der Waals surface area contributed by atoms with Gasteiger partial charge in [-0.2, -0.15) is 0 Å². The molecule has 1 aromatic carbocycles. The van der Waals surface area contributed by atoms with E-state index in [0.717, 1.165) is 0 Å². The molecule has 4 rings (SSSR count). The van der Waals surface area contributed by atoms with E-state index in [1.165, 1.54) is 25.4 Å². The fourth-order valence-corrected chi connectivity index (χ4v) is 3.10. The summed E-state index contributed by atoms with van der Waals surface area (Å²) >= 11 is 0. The summed E-state index contributed by atoms with van der Waals surface area (Å²) in [4.78, 5) is 25.1. The molecule has 32 heavy (non-hydrogen) atoms. The van der Waals surface area contributed by atoms with Gasteiger partial charge in [0, 0.05) is 30.0 Å². The maximum absolute atomic E-state index is 14.7. The number of hydrogen-bond acceptors (Lipinski definition) is 6. The highest BCUT2D eigenvalue weighted by molar-refractivity contribution is 6.06. The highest BCUT2D eigenvalue weighted by Crippen LogP contribution is 2.31. The van der Waals surface area contributed by atoms with Gasteiger partial charge < -0.3 is 9.47 Å². The first-order valence-corrected chi connectivity index (χ1v) is 9.53. The van der Waals surface area contributed by atoms with Gasteiger partial charge in [-0.3, -0.25) is 9.78 Å². The van der Waals surface area contributed by atoms with Gasteiger partial charge in [0.1, 0.15) is 28.6 Å². The monoisotopic (exact) mass is 433 g/mol. The standard InChI is InChI=1S/C24H17F2N3O3/c1-31-15-7-5-6-14(10-15)20-11-16(32-2)12-21(28-20)22-17(25)13-18(26)23(29-22)24(30)19-8-3-4-9-27-19/h3-13H,1-2H3. The summed E-state index contributed by atoms with van der Waals surface area (Å²) in [5.41, 5.74) is 0.390. The third-order valence-corrected chi connectivity index (χ3v) is 4.68. The molecule has 0 N–H and O–H groups in total. The van der Waals surface area contributed by atoms with E-state index >= 15 is 0 Å². The number of carbonyl (C=O) groups is 1. The van der Waals surface area contributed by atoms with Crippen LogP contribution in [0.5, 0.6) is 11.5 Å². The lowest BCUT2D eigenvalue weighted by atomic mass is 10.1. The van der Waals surface area contributed by atoms with Gasteiger partial charge in [0.2, 0.25) is 5.78 Å². The molecule has 0 saturated heterocycles. The Labute approximate surface area is 182 Å². The van der Waals surface area contributed by atoms with E-state index in [4.69, 9.17) is 9.47 Å². The Morgan fingerprint density at radius 2 is 1.59 bits per heavy atom. The van der Waals surface area contributed by atoms with E-state index in [2.05, 4.69) is 15.0 Å². The van der Waals surface area contributed by atoms with Crippen molar-refractivity contribution in [2.75, 3.05) is 14.2 Å². The van der Waals surface area contributed by atoms with Gasteiger partial charge in [0.15, 0.2) is 11.6 Å². The zero-order valence-corrected chi connectivity index (χ0v) is 17.2. The SMILES string of the molecule is COc1cccc(-c2cc(OC)cc(-c3nc(C(=O)c4ccccn4)c(F)cc3F)n2)c1. The number of nitrogens with zero attached hydrogens (tertiary/aromatic N) is 3. The molecule has 0 saturated carbocycles. The Morgan fingerprint density at radius 3 is 2.31 bits per heavy atom. The van der Waals surface area contributed by atoms with Crippen LogP contribution in [0.2, 0.25) is 0 Å². The lowest BCUT2D eigenvalue weighted by Crippen LogP contribution is -2.11. The molecular formula is C24H17F2N3O3. The summed E-state index contributed by atoms with van der Waals surface area (Å²) in [6, 6.07) is 15.5. The second-order valence-corrected chi connectivity index (χ2v) is 6.70. The zero-order valence-electron chi connectivity index (χ0n) is 17.2. The fourth-order valence-electron chi connectivity index (χ4n) is 3.10. The van der Waals surface area contributed by atoms with Gasteiger partial charge in [-0.1, -0.05) is 18.2 Å². The van der Waals surface area contributed by atoms with Crippen molar-refractivity contribution in [2.24, 2.45) is 0 Å². The summed E-state index contributed by atoms with van der Waals surface area (Å²) in [7, 11) is 3.00. The van der Waals surface area contributed by atoms with Gasteiger partial charge in [0.05, 0.1) is 25.6 Å². The van der Waals surface area contributed by atoms with Crippen molar-refractivity contribution in [3.8, 4) is 34.1 Å². The Hall–Kier alpha value is -4.20. The number of halogens is 2. The first-order chi connectivity index (χ1) is 15.5. The second-order valence-electron chi connectivity index (χ2n) is 6.70. The van der Waals surface area contributed by atoms with Crippen LogP contribution < -0.4 is 9.47 Å². The lowest BCUT2D eigenvalue weighted by molar-refractivity contribution is 0.102. The molecule has 0 atom stereocenters. The molecule has 6 nitrogen and oxygen atoms in total. The lowest BCUT2D eigenvalue weighted by Gasteiger charge is -2.11. The smallest absolute Gasteiger partial charge is 0.232 e. The van der Waals surface area contributed by atoms with Crippen LogP contribution in [0.4, 0.5) is 8.78 Å². The number of aromatic nitrogens is 3. The van der Waals surface area contributed by atoms with E-state index < -0.39 is 23.1 Å². The quantitative estimate of drug-likeness (QED) is 0.409. The van der Waals surface area contributed by atoms with E-state index in [9.17, 15) is 13.6 Å². The first kappa shape index (κ1) is 21.0. The van der Waals surface area contributed by atoms with Crippen LogP contribution in [0.15, 0.2) is 66.9 Å². The third-order valence-electron chi connectivity index (χ3n) is 4.68. The molecule has 0 fully saturated rings. The molecule has 0 aliphatic heterocycles. The van der Waals surface area contributed by atoms with Gasteiger partial charge in [-0.25, -0.2) is 18.7 Å². The normalized spacial score (nSPS) is 10.6. The van der Waals surface area contributed by atoms with Crippen LogP contribution in [0.25, 0.3) is 22.6 Å². The summed E-state index contributed by atoms with van der Waals surface area (Å²) in [5, 5.41) is 0.